The molecular weight excluding hydrogens is 170 g/mol. The topological polar surface area (TPSA) is 63.4 Å². The van der Waals surface area contributed by atoms with Crippen molar-refractivity contribution in [3.8, 4) is 5.75 Å². The van der Waals surface area contributed by atoms with Crippen LogP contribution in [0.4, 0.5) is 5.69 Å². The van der Waals surface area contributed by atoms with E-state index in [1.165, 1.54) is 12.1 Å². The van der Waals surface area contributed by atoms with Gasteiger partial charge in [-0.15, -0.1) is 0 Å². The van der Waals surface area contributed by atoms with Crippen LogP contribution in [0.3, 0.4) is 0 Å². The van der Waals surface area contributed by atoms with Crippen LogP contribution in [0.1, 0.15) is 24.3 Å². The Labute approximate surface area is 75.0 Å². The summed E-state index contributed by atoms with van der Waals surface area (Å²) in [6.45, 7) is 0. The second-order valence-electron chi connectivity index (χ2n) is 3.28. The minimum absolute atomic E-state index is 0.218. The summed E-state index contributed by atoms with van der Waals surface area (Å²) in [7, 11) is 0. The first kappa shape index (κ1) is 8.04. The van der Waals surface area contributed by atoms with Crippen LogP contribution in [-0.2, 0) is 0 Å². The molecule has 0 saturated heterocycles. The van der Waals surface area contributed by atoms with E-state index < -0.39 is 4.92 Å². The van der Waals surface area contributed by atoms with E-state index in [-0.39, 0.29) is 11.4 Å². The molecule has 0 heterocycles. The lowest BCUT2D eigenvalue weighted by Crippen LogP contribution is -1.89. The van der Waals surface area contributed by atoms with E-state index >= 15 is 0 Å². The van der Waals surface area contributed by atoms with Gasteiger partial charge in [-0.2, -0.15) is 0 Å². The number of phenolic OH excluding ortho intramolecular Hbond substituents is 1. The second-order valence-corrected chi connectivity index (χ2v) is 3.28. The fourth-order valence-electron chi connectivity index (χ4n) is 1.37. The summed E-state index contributed by atoms with van der Waals surface area (Å²) in [4.78, 5) is 9.79. The molecular formula is C9H9NO3. The molecule has 0 aromatic heterocycles. The summed E-state index contributed by atoms with van der Waals surface area (Å²) >= 11 is 0. The Kier molecular flexibility index (Phi) is 1.69. The van der Waals surface area contributed by atoms with Crippen LogP contribution in [0.5, 0.6) is 5.75 Å². The number of nitro groups is 1. The molecule has 1 aliphatic carbocycles. The number of phenols is 1. The maximum Gasteiger partial charge on any atom is 0.310 e. The standard InChI is InChI=1S/C9H9NO3/c11-9-5-7(6-1-2-6)3-4-8(9)10(12)13/h3-6,11H,1-2H2. The average molecular weight is 179 g/mol. The number of rotatable bonds is 2. The van der Waals surface area contributed by atoms with Gasteiger partial charge in [-0.25, -0.2) is 0 Å². The van der Waals surface area contributed by atoms with Gasteiger partial charge in [0.05, 0.1) is 4.92 Å². The molecule has 68 valence electrons. The second kappa shape index (κ2) is 2.73. The maximum atomic E-state index is 10.4. The molecule has 0 amide bonds. The highest BCUT2D eigenvalue weighted by atomic mass is 16.6. The van der Waals surface area contributed by atoms with E-state index in [0.717, 1.165) is 18.4 Å². The van der Waals surface area contributed by atoms with Crippen molar-refractivity contribution >= 4 is 5.69 Å². The van der Waals surface area contributed by atoms with Gasteiger partial charge in [0.15, 0.2) is 5.75 Å². The van der Waals surface area contributed by atoms with E-state index in [2.05, 4.69) is 0 Å². The molecule has 4 nitrogen and oxygen atoms in total. The largest absolute Gasteiger partial charge is 0.502 e. The molecule has 1 aromatic carbocycles. The van der Waals surface area contributed by atoms with Crippen LogP contribution in [0.2, 0.25) is 0 Å². The van der Waals surface area contributed by atoms with Crippen molar-refractivity contribution in [1.29, 1.82) is 0 Å². The first-order valence-corrected chi connectivity index (χ1v) is 4.16. The van der Waals surface area contributed by atoms with Crippen molar-refractivity contribution in [2.24, 2.45) is 0 Å². The number of aromatic hydroxyl groups is 1. The van der Waals surface area contributed by atoms with Crippen LogP contribution in [0.25, 0.3) is 0 Å². The van der Waals surface area contributed by atoms with Crippen LogP contribution < -0.4 is 0 Å². The zero-order valence-corrected chi connectivity index (χ0v) is 6.93. The summed E-state index contributed by atoms with van der Waals surface area (Å²) in [6.07, 6.45) is 2.24. The van der Waals surface area contributed by atoms with Gasteiger partial charge >= 0.3 is 5.69 Å². The Morgan fingerprint density at radius 2 is 2.15 bits per heavy atom. The molecule has 2 rings (SSSR count). The lowest BCUT2D eigenvalue weighted by Gasteiger charge is -1.99. The van der Waals surface area contributed by atoms with Crippen LogP contribution >= 0.6 is 0 Å². The zero-order valence-electron chi connectivity index (χ0n) is 6.93. The zero-order chi connectivity index (χ0) is 9.42. The molecule has 4 heteroatoms. The molecule has 0 atom stereocenters. The third kappa shape index (κ3) is 1.47. The van der Waals surface area contributed by atoms with E-state index in [9.17, 15) is 15.2 Å². The Bertz CT molecular complexity index is 358. The van der Waals surface area contributed by atoms with E-state index in [1.54, 1.807) is 6.07 Å². The van der Waals surface area contributed by atoms with Gasteiger partial charge in [-0.3, -0.25) is 10.1 Å². The highest BCUT2D eigenvalue weighted by Crippen LogP contribution is 2.42. The van der Waals surface area contributed by atoms with Crippen molar-refractivity contribution in [2.45, 2.75) is 18.8 Å². The molecule has 1 N–H and O–H groups in total. The molecule has 0 spiro atoms. The lowest BCUT2D eigenvalue weighted by atomic mass is 10.1. The Balaban J connectivity index is 2.36. The molecule has 0 aliphatic heterocycles. The van der Waals surface area contributed by atoms with Crippen molar-refractivity contribution in [2.75, 3.05) is 0 Å². The number of hydrogen-bond donors (Lipinski definition) is 1. The fourth-order valence-corrected chi connectivity index (χ4v) is 1.37. The van der Waals surface area contributed by atoms with Gasteiger partial charge in [0.1, 0.15) is 0 Å². The predicted molar refractivity (Wildman–Crippen MR) is 46.7 cm³/mol. The van der Waals surface area contributed by atoms with E-state index in [1.807, 2.05) is 0 Å². The number of nitrogens with zero attached hydrogens (tertiary/aromatic N) is 1. The number of benzene rings is 1. The Morgan fingerprint density at radius 3 is 2.62 bits per heavy atom. The molecule has 1 fully saturated rings. The minimum Gasteiger partial charge on any atom is -0.502 e. The van der Waals surface area contributed by atoms with E-state index in [4.69, 9.17) is 0 Å². The predicted octanol–water partition coefficient (Wildman–Crippen LogP) is 2.18. The average Bonchev–Trinajstić information content (AvgIpc) is 2.85. The monoisotopic (exact) mass is 179 g/mol. The third-order valence-corrected chi connectivity index (χ3v) is 2.24. The van der Waals surface area contributed by atoms with Crippen molar-refractivity contribution in [3.05, 3.63) is 33.9 Å². The first-order valence-electron chi connectivity index (χ1n) is 4.16. The molecule has 13 heavy (non-hydrogen) atoms. The van der Waals surface area contributed by atoms with Crippen molar-refractivity contribution in [3.63, 3.8) is 0 Å². The van der Waals surface area contributed by atoms with Gasteiger partial charge in [-0.05, 0) is 30.4 Å². The van der Waals surface area contributed by atoms with E-state index in [0.29, 0.717) is 5.92 Å². The normalized spacial score (nSPS) is 15.7. The highest BCUT2D eigenvalue weighted by Gasteiger charge is 2.25. The Morgan fingerprint density at radius 1 is 1.46 bits per heavy atom. The lowest BCUT2D eigenvalue weighted by molar-refractivity contribution is -0.385. The minimum atomic E-state index is -0.577. The quantitative estimate of drug-likeness (QED) is 0.559. The van der Waals surface area contributed by atoms with Gasteiger partial charge in [0.2, 0.25) is 0 Å². The first-order chi connectivity index (χ1) is 6.18. The SMILES string of the molecule is O=[N+]([O-])c1ccc(C2CC2)cc1O. The van der Waals surface area contributed by atoms with Crippen molar-refractivity contribution in [1.82, 2.24) is 0 Å². The van der Waals surface area contributed by atoms with Gasteiger partial charge in [-0.1, -0.05) is 6.07 Å². The molecule has 0 bridgehead atoms. The molecule has 1 aromatic rings. The summed E-state index contributed by atoms with van der Waals surface area (Å²) in [5, 5.41) is 19.7. The van der Waals surface area contributed by atoms with Crippen LogP contribution in [0.15, 0.2) is 18.2 Å². The molecule has 1 aliphatic rings. The number of nitro benzene ring substituents is 1. The summed E-state index contributed by atoms with van der Waals surface area (Å²) in [6, 6.07) is 4.58. The van der Waals surface area contributed by atoms with Crippen LogP contribution in [0, 0.1) is 10.1 Å². The maximum absolute atomic E-state index is 10.4. The fraction of sp³-hybridized carbons (Fsp3) is 0.333. The van der Waals surface area contributed by atoms with Crippen molar-refractivity contribution < 1.29 is 10.0 Å². The Hall–Kier alpha value is -1.58. The van der Waals surface area contributed by atoms with Gasteiger partial charge in [0, 0.05) is 6.07 Å². The molecule has 0 unspecified atom stereocenters. The van der Waals surface area contributed by atoms with Crippen LogP contribution in [-0.4, -0.2) is 10.0 Å². The molecule has 0 radical (unpaired) electrons. The highest BCUT2D eigenvalue weighted by molar-refractivity contribution is 5.48. The van der Waals surface area contributed by atoms with Gasteiger partial charge in [0.25, 0.3) is 0 Å². The molecule has 1 saturated carbocycles. The third-order valence-electron chi connectivity index (χ3n) is 2.24. The smallest absolute Gasteiger partial charge is 0.310 e. The summed E-state index contributed by atoms with van der Waals surface area (Å²) in [5.74, 6) is 0.279. The van der Waals surface area contributed by atoms with Gasteiger partial charge < -0.3 is 5.11 Å². The summed E-state index contributed by atoms with van der Waals surface area (Å²) < 4.78 is 0. The number of hydrogen-bond acceptors (Lipinski definition) is 3. The summed E-state index contributed by atoms with van der Waals surface area (Å²) in [5.41, 5.74) is 0.785.